The molecule has 0 spiro atoms. The van der Waals surface area contributed by atoms with Gasteiger partial charge in [0.05, 0.1) is 22.8 Å². The van der Waals surface area contributed by atoms with E-state index in [-0.39, 0.29) is 11.8 Å². The number of hydrogen-bond donors (Lipinski definition) is 0. The molecule has 3 aliphatic rings. The average Bonchev–Trinajstić information content (AvgIpc) is 4.16. The summed E-state index contributed by atoms with van der Waals surface area (Å²) < 4.78 is 2.54. The molecule has 346 valence electrons. The van der Waals surface area contributed by atoms with E-state index in [1.165, 1.54) is 63.3 Å². The second kappa shape index (κ2) is 17.4. The largest absolute Gasteiger partial charge is 0.228 e. The molecule has 9 aromatic carbocycles. The van der Waals surface area contributed by atoms with Gasteiger partial charge in [0.1, 0.15) is 0 Å². The van der Waals surface area contributed by atoms with E-state index in [1.54, 1.807) is 0 Å². The molecule has 0 saturated heterocycles. The minimum atomic E-state index is 0.0287. The topological polar surface area (TPSA) is 51.6 Å². The Bertz CT molecular complexity index is 4000. The first kappa shape index (κ1) is 42.7. The fraction of sp³-hybridized carbons (Fsp3) is 0.0294. The van der Waals surface area contributed by atoms with Crippen molar-refractivity contribution in [3.8, 4) is 88.7 Å². The smallest absolute Gasteiger partial charge is 0.160 e. The SMILES string of the molecule is c1ccc(-c2cc(-c3ccccc3-c3cc4ccccc4s3)nc(-c3ccc4c(c3)C3c5ccccc5C4c4cc(-c5nc(-c6ccccc6)cc(-c6ccccc6-c6cc7ccccc7s6)n5)ccc43)n2)cc1. The van der Waals surface area contributed by atoms with E-state index in [1.807, 2.05) is 22.7 Å². The minimum Gasteiger partial charge on any atom is -0.228 e. The molecule has 3 aliphatic carbocycles. The van der Waals surface area contributed by atoms with Crippen molar-refractivity contribution in [1.29, 1.82) is 0 Å². The van der Waals surface area contributed by atoms with E-state index in [9.17, 15) is 0 Å². The summed E-state index contributed by atoms with van der Waals surface area (Å²) in [6, 6.07) is 87.3. The highest BCUT2D eigenvalue weighted by atomic mass is 32.1. The van der Waals surface area contributed by atoms with Crippen LogP contribution in [0.4, 0.5) is 0 Å². The van der Waals surface area contributed by atoms with Crippen LogP contribution >= 0.6 is 22.7 Å². The zero-order valence-corrected chi connectivity index (χ0v) is 41.5. The van der Waals surface area contributed by atoms with Crippen molar-refractivity contribution < 1.29 is 0 Å². The number of aromatic nitrogens is 4. The van der Waals surface area contributed by atoms with Crippen molar-refractivity contribution in [2.75, 3.05) is 0 Å². The lowest BCUT2D eigenvalue weighted by Crippen LogP contribution is -2.27. The van der Waals surface area contributed by atoms with Crippen LogP contribution in [0.5, 0.6) is 0 Å². The molecule has 2 bridgehead atoms. The number of hydrogen-bond acceptors (Lipinski definition) is 6. The molecular formula is C68H42N4S2. The fourth-order valence-corrected chi connectivity index (χ4v) is 13.7. The lowest BCUT2D eigenvalue weighted by molar-refractivity contribution is 0.754. The lowest BCUT2D eigenvalue weighted by Gasteiger charge is -2.42. The third kappa shape index (κ3) is 7.17. The summed E-state index contributed by atoms with van der Waals surface area (Å²) in [5.74, 6) is 1.48. The molecule has 0 fully saturated rings. The number of fused-ring (bicyclic) bond motifs is 2. The highest BCUT2D eigenvalue weighted by Gasteiger charge is 2.41. The third-order valence-electron chi connectivity index (χ3n) is 14.9. The minimum absolute atomic E-state index is 0.0287. The second-order valence-electron chi connectivity index (χ2n) is 19.2. The lowest BCUT2D eigenvalue weighted by atomic mass is 9.61. The summed E-state index contributed by atoms with van der Waals surface area (Å²) in [5, 5.41) is 2.50. The van der Waals surface area contributed by atoms with Crippen molar-refractivity contribution in [2.24, 2.45) is 0 Å². The molecule has 6 heteroatoms. The molecule has 0 aliphatic heterocycles. The number of benzene rings is 9. The normalized spacial score (nSPS) is 14.2. The summed E-state index contributed by atoms with van der Waals surface area (Å²) in [6.45, 7) is 0. The Kier molecular flexibility index (Phi) is 10.0. The summed E-state index contributed by atoms with van der Waals surface area (Å²) in [7, 11) is 0. The van der Waals surface area contributed by atoms with Crippen molar-refractivity contribution in [2.45, 2.75) is 11.8 Å². The molecule has 0 radical (unpaired) electrons. The monoisotopic (exact) mass is 978 g/mol. The molecular weight excluding hydrogens is 937 g/mol. The molecule has 4 heterocycles. The van der Waals surface area contributed by atoms with E-state index in [2.05, 4.69) is 243 Å². The molecule has 0 amide bonds. The van der Waals surface area contributed by atoms with E-state index in [4.69, 9.17) is 19.9 Å². The summed E-state index contributed by atoms with van der Waals surface area (Å²) >= 11 is 3.64. The van der Waals surface area contributed by atoms with Crippen molar-refractivity contribution in [1.82, 2.24) is 19.9 Å². The van der Waals surface area contributed by atoms with Gasteiger partial charge in [-0.2, -0.15) is 0 Å². The van der Waals surface area contributed by atoms with Gasteiger partial charge in [0, 0.05) is 75.5 Å². The van der Waals surface area contributed by atoms with Crippen LogP contribution < -0.4 is 0 Å². The van der Waals surface area contributed by atoms with Crippen molar-refractivity contribution in [3.63, 3.8) is 0 Å². The molecule has 2 atom stereocenters. The maximum absolute atomic E-state index is 5.45. The Hall–Kier alpha value is -8.94. The molecule has 4 nitrogen and oxygen atoms in total. The van der Waals surface area contributed by atoms with Crippen LogP contribution in [-0.4, -0.2) is 19.9 Å². The van der Waals surface area contributed by atoms with E-state index in [0.717, 1.165) is 67.3 Å². The van der Waals surface area contributed by atoms with Gasteiger partial charge in [-0.15, -0.1) is 22.7 Å². The summed E-state index contributed by atoms with van der Waals surface area (Å²) in [6.07, 6.45) is 0. The van der Waals surface area contributed by atoms with Gasteiger partial charge in [-0.05, 0) is 92.7 Å². The van der Waals surface area contributed by atoms with Crippen LogP contribution in [0.1, 0.15) is 45.2 Å². The number of thiophene rings is 2. The van der Waals surface area contributed by atoms with Crippen LogP contribution in [0.25, 0.3) is 109 Å². The molecule has 16 rings (SSSR count). The van der Waals surface area contributed by atoms with Gasteiger partial charge in [0.2, 0.25) is 0 Å². The van der Waals surface area contributed by atoms with Gasteiger partial charge in [-0.3, -0.25) is 0 Å². The van der Waals surface area contributed by atoms with Crippen molar-refractivity contribution >= 4 is 42.8 Å². The quantitative estimate of drug-likeness (QED) is 0.152. The first-order valence-electron chi connectivity index (χ1n) is 25.1. The third-order valence-corrected chi connectivity index (χ3v) is 17.2. The van der Waals surface area contributed by atoms with Gasteiger partial charge >= 0.3 is 0 Å². The first-order valence-corrected chi connectivity index (χ1v) is 26.7. The zero-order chi connectivity index (χ0) is 48.7. The number of rotatable bonds is 8. The van der Waals surface area contributed by atoms with Gasteiger partial charge in [0.25, 0.3) is 0 Å². The summed E-state index contributed by atoms with van der Waals surface area (Å²) in [5.41, 5.74) is 20.1. The maximum atomic E-state index is 5.45. The average molecular weight is 979 g/mol. The standard InChI is InChI=1S/C68H42N4S2/c1-3-17-41(18-4-1)57-39-59(47-23-9-11-25-49(47)63-37-43-21-7-15-29-61(43)73-63)71-67(69-57)45-31-33-53-55(35-45)65-51-27-13-14-28-52(51)66(53)56-36-46(32-34-54(56)65)68-70-58(42-19-5-2-6-20-42)40-60(72-68)48-24-10-12-26-50(48)64-38-44-22-8-16-30-62(44)74-64/h1-40,65-66H. The predicted molar refractivity (Wildman–Crippen MR) is 307 cm³/mol. The van der Waals surface area contributed by atoms with E-state index >= 15 is 0 Å². The Morgan fingerprint density at radius 2 is 0.622 bits per heavy atom. The van der Waals surface area contributed by atoms with E-state index < -0.39 is 0 Å². The van der Waals surface area contributed by atoms with E-state index in [0.29, 0.717) is 11.6 Å². The van der Waals surface area contributed by atoms with Crippen LogP contribution in [0.2, 0.25) is 0 Å². The molecule has 74 heavy (non-hydrogen) atoms. The first-order chi connectivity index (χ1) is 36.6. The molecule has 13 aromatic rings. The Morgan fingerprint density at radius 3 is 1.07 bits per heavy atom. The molecule has 0 saturated carbocycles. The molecule has 2 unspecified atom stereocenters. The van der Waals surface area contributed by atoms with Crippen molar-refractivity contribution in [3.05, 3.63) is 276 Å². The Balaban J connectivity index is 0.854. The summed E-state index contributed by atoms with van der Waals surface area (Å²) in [4.78, 5) is 24.0. The van der Waals surface area contributed by atoms with Gasteiger partial charge in [-0.1, -0.05) is 194 Å². The van der Waals surface area contributed by atoms with Crippen LogP contribution in [0.3, 0.4) is 0 Å². The Labute approximate surface area is 436 Å². The number of nitrogens with zero attached hydrogens (tertiary/aromatic N) is 4. The maximum Gasteiger partial charge on any atom is 0.160 e. The van der Waals surface area contributed by atoms with Gasteiger partial charge in [-0.25, -0.2) is 19.9 Å². The molecule has 0 N–H and O–H groups in total. The second-order valence-corrected chi connectivity index (χ2v) is 21.4. The van der Waals surface area contributed by atoms with Gasteiger partial charge in [0.15, 0.2) is 11.6 Å². The highest BCUT2D eigenvalue weighted by molar-refractivity contribution is 7.22. The van der Waals surface area contributed by atoms with Gasteiger partial charge < -0.3 is 0 Å². The predicted octanol–water partition coefficient (Wildman–Crippen LogP) is 18.0. The zero-order valence-electron chi connectivity index (χ0n) is 39.9. The molecule has 4 aromatic heterocycles. The highest BCUT2D eigenvalue weighted by Crippen LogP contribution is 2.57. The van der Waals surface area contributed by atoms with Crippen LogP contribution in [0, 0.1) is 0 Å². The van der Waals surface area contributed by atoms with Crippen LogP contribution in [-0.2, 0) is 0 Å². The fourth-order valence-electron chi connectivity index (χ4n) is 11.5. The van der Waals surface area contributed by atoms with Crippen LogP contribution in [0.15, 0.2) is 243 Å². The Morgan fingerprint density at radius 1 is 0.257 bits per heavy atom.